The Morgan fingerprint density at radius 3 is 1.88 bits per heavy atom. The minimum atomic E-state index is -4.57. The number of piperidine rings is 2. The number of aromatic nitrogens is 3. The van der Waals surface area contributed by atoms with Crippen LogP contribution in [-0.4, -0.2) is 76.3 Å². The number of anilines is 5. The van der Waals surface area contributed by atoms with Crippen LogP contribution in [0, 0.1) is 0 Å². The van der Waals surface area contributed by atoms with E-state index in [4.69, 9.17) is 22.9 Å². The van der Waals surface area contributed by atoms with Crippen molar-refractivity contribution in [2.45, 2.75) is 43.2 Å². The molecule has 1 amide bonds. The van der Waals surface area contributed by atoms with Gasteiger partial charge in [0.1, 0.15) is 5.75 Å². The molecule has 3 heterocycles. The monoisotopic (exact) mass is 601 g/mol. The van der Waals surface area contributed by atoms with Gasteiger partial charge in [0.15, 0.2) is 0 Å². The van der Waals surface area contributed by atoms with Crippen LogP contribution in [0.1, 0.15) is 28.8 Å². The Bertz CT molecular complexity index is 1410. The normalized spacial score (nSPS) is 22.8. The van der Waals surface area contributed by atoms with Crippen molar-refractivity contribution in [3.8, 4) is 5.75 Å². The molecule has 230 valence electrons. The molecule has 11 N–H and O–H groups in total. The Hall–Kier alpha value is -4.25. The summed E-state index contributed by atoms with van der Waals surface area (Å²) in [6.45, 7) is 1.97. The fraction of sp³-hybridized carbons (Fsp3) is 0.407. The van der Waals surface area contributed by atoms with E-state index in [0.717, 1.165) is 12.1 Å². The molecule has 2 aliphatic heterocycles. The molecule has 3 aromatic rings. The zero-order valence-electron chi connectivity index (χ0n) is 23.1. The van der Waals surface area contributed by atoms with Crippen LogP contribution in [-0.2, 0) is 6.18 Å². The SMILES string of the molecule is N[C@@H]1C[C@H](N)CN(c2nc(Nc3ccc(C(=O)Nc4cccc(C(F)(F)F)c4)c(O)c3)nc(N3C[C@H](N)C[C@H](N)C3)n2)C1. The summed E-state index contributed by atoms with van der Waals surface area (Å²) in [4.78, 5) is 30.3. The summed E-state index contributed by atoms with van der Waals surface area (Å²) in [6, 6.07) is 7.67. The molecular weight excluding hydrogens is 567 g/mol. The molecule has 43 heavy (non-hydrogen) atoms. The molecule has 2 aromatic carbocycles. The number of aromatic hydroxyl groups is 1. The number of amides is 1. The zero-order chi connectivity index (χ0) is 30.9. The smallest absolute Gasteiger partial charge is 0.416 e. The number of carbonyl (C=O) groups excluding carboxylic acids is 1. The summed E-state index contributed by atoms with van der Waals surface area (Å²) in [5.74, 6) is -0.339. The molecule has 0 radical (unpaired) electrons. The number of halogens is 3. The van der Waals surface area contributed by atoms with E-state index in [-0.39, 0.29) is 41.4 Å². The maximum Gasteiger partial charge on any atom is 0.416 e. The van der Waals surface area contributed by atoms with Crippen molar-refractivity contribution in [3.63, 3.8) is 0 Å². The van der Waals surface area contributed by atoms with Crippen LogP contribution in [0.4, 0.5) is 42.4 Å². The number of nitrogens with zero attached hydrogens (tertiary/aromatic N) is 5. The second-order valence-electron chi connectivity index (χ2n) is 11.0. The van der Waals surface area contributed by atoms with Gasteiger partial charge in [-0.2, -0.15) is 28.1 Å². The van der Waals surface area contributed by atoms with Crippen molar-refractivity contribution in [3.05, 3.63) is 53.6 Å². The van der Waals surface area contributed by atoms with Crippen molar-refractivity contribution in [1.29, 1.82) is 0 Å². The van der Waals surface area contributed by atoms with Gasteiger partial charge in [-0.3, -0.25) is 4.79 Å². The van der Waals surface area contributed by atoms with Gasteiger partial charge in [-0.1, -0.05) is 6.07 Å². The summed E-state index contributed by atoms with van der Waals surface area (Å²) in [5, 5.41) is 16.0. The Kier molecular flexibility index (Phi) is 8.55. The van der Waals surface area contributed by atoms with E-state index in [1.54, 1.807) is 0 Å². The van der Waals surface area contributed by atoms with Gasteiger partial charge in [-0.05, 0) is 43.2 Å². The lowest BCUT2D eigenvalue weighted by Crippen LogP contribution is -2.54. The van der Waals surface area contributed by atoms with Gasteiger partial charge in [-0.25, -0.2) is 0 Å². The number of phenolic OH excluding ortho intramolecular Hbond substituents is 1. The van der Waals surface area contributed by atoms with Crippen molar-refractivity contribution < 1.29 is 23.1 Å². The minimum Gasteiger partial charge on any atom is -0.507 e. The zero-order valence-corrected chi connectivity index (χ0v) is 23.1. The standard InChI is InChI=1S/C27H34F3N11O2/c28-27(29,30)14-2-1-3-19(6-14)35-23(43)21-5-4-20(9-22(21)42)36-24-37-25(40-10-15(31)7-16(32)11-40)39-26(38-24)41-12-17(33)8-18(34)13-41/h1-6,9,15-18,42H,7-8,10-13,31-34H2,(H,35,43)(H,36,37,38,39)/t15-,16+,17-,18+. The first-order valence-corrected chi connectivity index (χ1v) is 13.7. The van der Waals surface area contributed by atoms with Gasteiger partial charge in [0.25, 0.3) is 5.91 Å². The van der Waals surface area contributed by atoms with Gasteiger partial charge in [0.05, 0.1) is 11.1 Å². The van der Waals surface area contributed by atoms with E-state index in [1.807, 2.05) is 9.80 Å². The Morgan fingerprint density at radius 1 is 0.814 bits per heavy atom. The number of hydrogen-bond acceptors (Lipinski definition) is 12. The molecule has 16 heteroatoms. The molecule has 2 aliphatic rings. The quantitative estimate of drug-likeness (QED) is 0.213. The van der Waals surface area contributed by atoms with Gasteiger partial charge in [-0.15, -0.1) is 0 Å². The van der Waals surface area contributed by atoms with Gasteiger partial charge in [0, 0.05) is 67.8 Å². The summed E-state index contributed by atoms with van der Waals surface area (Å²) in [6.07, 6.45) is -3.23. The van der Waals surface area contributed by atoms with Gasteiger partial charge < -0.3 is 48.5 Å². The van der Waals surface area contributed by atoms with Gasteiger partial charge in [0.2, 0.25) is 17.8 Å². The van der Waals surface area contributed by atoms with Crippen molar-refractivity contribution >= 4 is 35.1 Å². The molecule has 1 aromatic heterocycles. The van der Waals surface area contributed by atoms with Crippen LogP contribution < -0.4 is 43.4 Å². The largest absolute Gasteiger partial charge is 0.507 e. The summed E-state index contributed by atoms with van der Waals surface area (Å²) in [5.41, 5.74) is 24.0. The summed E-state index contributed by atoms with van der Waals surface area (Å²) < 4.78 is 39.1. The lowest BCUT2D eigenvalue weighted by Gasteiger charge is -2.37. The Morgan fingerprint density at radius 2 is 1.37 bits per heavy atom. The van der Waals surface area contributed by atoms with Crippen LogP contribution >= 0.6 is 0 Å². The Labute approximate surface area is 245 Å². The number of nitrogens with one attached hydrogen (secondary N) is 2. The fourth-order valence-corrected chi connectivity index (χ4v) is 5.28. The third kappa shape index (κ3) is 7.40. The topological polar surface area (TPSA) is 211 Å². The predicted octanol–water partition coefficient (Wildman–Crippen LogP) is 1.32. The van der Waals surface area contributed by atoms with Crippen molar-refractivity contribution in [1.82, 2.24) is 15.0 Å². The minimum absolute atomic E-state index is 0.0685. The number of carbonyl (C=O) groups is 1. The molecule has 0 aliphatic carbocycles. The van der Waals surface area contributed by atoms with Crippen LogP contribution in [0.25, 0.3) is 0 Å². The van der Waals surface area contributed by atoms with E-state index >= 15 is 0 Å². The number of hydrogen-bond donors (Lipinski definition) is 7. The van der Waals surface area contributed by atoms with Crippen molar-refractivity contribution in [2.24, 2.45) is 22.9 Å². The number of benzene rings is 2. The molecule has 4 atom stereocenters. The summed E-state index contributed by atoms with van der Waals surface area (Å²) >= 11 is 0. The highest BCUT2D eigenvalue weighted by Gasteiger charge is 2.31. The lowest BCUT2D eigenvalue weighted by molar-refractivity contribution is -0.137. The molecule has 5 rings (SSSR count). The second-order valence-corrected chi connectivity index (χ2v) is 11.0. The molecular formula is C27H34F3N11O2. The van der Waals surface area contributed by atoms with E-state index in [0.29, 0.717) is 56.6 Å². The van der Waals surface area contributed by atoms with Crippen LogP contribution in [0.15, 0.2) is 42.5 Å². The van der Waals surface area contributed by atoms with E-state index in [1.165, 1.54) is 30.3 Å². The number of nitrogens with two attached hydrogens (primary N) is 4. The maximum absolute atomic E-state index is 13.0. The van der Waals surface area contributed by atoms with Gasteiger partial charge >= 0.3 is 6.18 Å². The highest BCUT2D eigenvalue weighted by Crippen LogP contribution is 2.31. The molecule has 13 nitrogen and oxygen atoms in total. The molecule has 2 fully saturated rings. The lowest BCUT2D eigenvalue weighted by atomic mass is 10.0. The second kappa shape index (κ2) is 12.2. The first kappa shape index (κ1) is 30.2. The van der Waals surface area contributed by atoms with E-state index in [2.05, 4.69) is 25.6 Å². The highest BCUT2D eigenvalue weighted by atomic mass is 19.4. The van der Waals surface area contributed by atoms with Crippen molar-refractivity contribution in [2.75, 3.05) is 46.6 Å². The molecule has 0 unspecified atom stereocenters. The molecule has 0 saturated carbocycles. The predicted molar refractivity (Wildman–Crippen MR) is 156 cm³/mol. The van der Waals surface area contributed by atoms with Crippen LogP contribution in [0.5, 0.6) is 5.75 Å². The van der Waals surface area contributed by atoms with E-state index in [9.17, 15) is 23.1 Å². The third-order valence-corrected chi connectivity index (χ3v) is 7.15. The molecule has 0 spiro atoms. The average Bonchev–Trinajstić information content (AvgIpc) is 2.91. The van der Waals surface area contributed by atoms with Crippen LogP contribution in [0.2, 0.25) is 0 Å². The summed E-state index contributed by atoms with van der Waals surface area (Å²) in [7, 11) is 0. The average molecular weight is 602 g/mol. The van der Waals surface area contributed by atoms with Crippen LogP contribution in [0.3, 0.4) is 0 Å². The first-order valence-electron chi connectivity index (χ1n) is 13.7. The third-order valence-electron chi connectivity index (χ3n) is 7.15. The first-order chi connectivity index (χ1) is 20.3. The fourth-order valence-electron chi connectivity index (χ4n) is 5.28. The van der Waals surface area contributed by atoms with E-state index < -0.39 is 23.4 Å². The molecule has 2 saturated heterocycles. The number of alkyl halides is 3. The molecule has 0 bridgehead atoms. The Balaban J connectivity index is 1.38. The maximum atomic E-state index is 13.0. The number of rotatable bonds is 6. The highest BCUT2D eigenvalue weighted by molar-refractivity contribution is 6.06. The number of phenols is 1.